The molecule has 6 heteroatoms. The molecule has 0 aliphatic heterocycles. The summed E-state index contributed by atoms with van der Waals surface area (Å²) in [6, 6.07) is 2.89. The fraction of sp³-hybridized carbons (Fsp3) is 0.167. The average Bonchev–Trinajstić information content (AvgIpc) is 1.86. The number of alkyl halides is 3. The van der Waals surface area contributed by atoms with Crippen molar-refractivity contribution in [2.75, 3.05) is 0 Å². The van der Waals surface area contributed by atoms with E-state index in [-0.39, 0.29) is 51.4 Å². The Hall–Kier alpha value is 0.376. The summed E-state index contributed by atoms with van der Waals surface area (Å²) in [5, 5.41) is 0. The first-order valence-electron chi connectivity index (χ1n) is 2.77. The van der Waals surface area contributed by atoms with Crippen LogP contribution in [-0.4, -0.2) is 4.98 Å². The molecule has 1 aromatic rings. The number of aromatic nitrogens is 1. The quantitative estimate of drug-likeness (QED) is 0.505. The molecular formula is C6H4F3KNO+. The molecule has 0 bridgehead atoms. The fourth-order valence-corrected chi connectivity index (χ4v) is 0.613. The van der Waals surface area contributed by atoms with E-state index < -0.39 is 17.4 Å². The zero-order valence-corrected chi connectivity index (χ0v) is 9.40. The van der Waals surface area contributed by atoms with Crippen molar-refractivity contribution < 1.29 is 64.6 Å². The second-order valence-corrected chi connectivity index (χ2v) is 1.93. The van der Waals surface area contributed by atoms with Gasteiger partial charge in [0.15, 0.2) is 0 Å². The Kier molecular flexibility index (Phi) is 4.71. The van der Waals surface area contributed by atoms with Crippen molar-refractivity contribution >= 4 is 0 Å². The van der Waals surface area contributed by atoms with Gasteiger partial charge in [-0.3, -0.25) is 4.79 Å². The Morgan fingerprint density at radius 1 is 1.25 bits per heavy atom. The van der Waals surface area contributed by atoms with Gasteiger partial charge in [-0.05, 0) is 6.07 Å². The van der Waals surface area contributed by atoms with Crippen LogP contribution in [-0.2, 0) is 6.18 Å². The summed E-state index contributed by atoms with van der Waals surface area (Å²) in [4.78, 5) is 12.0. The molecule has 0 atom stereocenters. The van der Waals surface area contributed by atoms with Gasteiger partial charge >= 0.3 is 57.6 Å². The zero-order chi connectivity index (χ0) is 8.48. The molecule has 0 fully saturated rings. The third kappa shape index (κ3) is 3.40. The van der Waals surface area contributed by atoms with Gasteiger partial charge in [-0.15, -0.1) is 0 Å². The molecule has 60 valence electrons. The van der Waals surface area contributed by atoms with E-state index in [1.165, 1.54) is 0 Å². The van der Waals surface area contributed by atoms with Gasteiger partial charge in [-0.25, -0.2) is 0 Å². The number of hydrogen-bond donors (Lipinski definition) is 1. The number of H-pyrrole nitrogens is 1. The van der Waals surface area contributed by atoms with Crippen molar-refractivity contribution in [1.82, 2.24) is 4.98 Å². The second kappa shape index (κ2) is 4.57. The summed E-state index contributed by atoms with van der Waals surface area (Å²) < 4.78 is 35.4. The number of nitrogens with one attached hydrogen (secondary N) is 1. The molecule has 0 aliphatic rings. The normalized spacial score (nSPS) is 10.6. The number of hydrogen-bond acceptors (Lipinski definition) is 1. The van der Waals surface area contributed by atoms with Crippen LogP contribution in [0.25, 0.3) is 0 Å². The Balaban J connectivity index is 0.00000121. The van der Waals surface area contributed by atoms with E-state index in [9.17, 15) is 18.0 Å². The van der Waals surface area contributed by atoms with E-state index in [0.717, 1.165) is 18.2 Å². The standard InChI is InChI=1S/C6H4F3NO.K/c7-6(8,9)4-2-1-3-5(11)10-4;/h1-3H,(H,10,11);/q;+1. The third-order valence-corrected chi connectivity index (χ3v) is 1.07. The van der Waals surface area contributed by atoms with Crippen molar-refractivity contribution in [3.63, 3.8) is 0 Å². The van der Waals surface area contributed by atoms with E-state index in [1.807, 2.05) is 0 Å². The Bertz CT molecular complexity index is 306. The summed E-state index contributed by atoms with van der Waals surface area (Å²) in [5.41, 5.74) is -1.77. The summed E-state index contributed by atoms with van der Waals surface area (Å²) in [7, 11) is 0. The number of pyridine rings is 1. The maximum absolute atomic E-state index is 11.8. The molecule has 0 aliphatic carbocycles. The fourth-order valence-electron chi connectivity index (χ4n) is 0.613. The number of halogens is 3. The van der Waals surface area contributed by atoms with Gasteiger partial charge in [0, 0.05) is 6.07 Å². The van der Waals surface area contributed by atoms with Gasteiger partial charge < -0.3 is 4.98 Å². The first-order chi connectivity index (χ1) is 5.00. The van der Waals surface area contributed by atoms with Gasteiger partial charge in [0.2, 0.25) is 5.56 Å². The molecule has 2 nitrogen and oxygen atoms in total. The molecular weight excluding hydrogens is 198 g/mol. The SMILES string of the molecule is O=c1cccc(C(F)(F)F)[nH]1.[K+]. The minimum Gasteiger partial charge on any atom is -0.318 e. The Morgan fingerprint density at radius 2 is 1.83 bits per heavy atom. The molecule has 0 radical (unpaired) electrons. The van der Waals surface area contributed by atoms with Crippen molar-refractivity contribution in [2.24, 2.45) is 0 Å². The number of rotatable bonds is 0. The van der Waals surface area contributed by atoms with E-state index in [4.69, 9.17) is 0 Å². The van der Waals surface area contributed by atoms with Crippen LogP contribution in [0.2, 0.25) is 0 Å². The van der Waals surface area contributed by atoms with Crippen LogP contribution in [0.3, 0.4) is 0 Å². The van der Waals surface area contributed by atoms with Crippen molar-refractivity contribution in [1.29, 1.82) is 0 Å². The first-order valence-corrected chi connectivity index (χ1v) is 2.77. The molecule has 0 unspecified atom stereocenters. The van der Waals surface area contributed by atoms with Crippen molar-refractivity contribution in [3.05, 3.63) is 34.2 Å². The monoisotopic (exact) mass is 202 g/mol. The van der Waals surface area contributed by atoms with Crippen molar-refractivity contribution in [2.45, 2.75) is 6.18 Å². The number of aromatic amines is 1. The van der Waals surface area contributed by atoms with E-state index in [0.29, 0.717) is 0 Å². The minimum absolute atomic E-state index is 0. The maximum Gasteiger partial charge on any atom is 1.00 e. The molecule has 0 saturated carbocycles. The summed E-state index contributed by atoms with van der Waals surface area (Å²) in [6.07, 6.45) is -4.47. The summed E-state index contributed by atoms with van der Waals surface area (Å²) >= 11 is 0. The molecule has 0 saturated heterocycles. The van der Waals surface area contributed by atoms with Gasteiger partial charge in [-0.2, -0.15) is 13.2 Å². The maximum atomic E-state index is 11.8. The van der Waals surface area contributed by atoms with E-state index in [1.54, 1.807) is 4.98 Å². The van der Waals surface area contributed by atoms with Gasteiger partial charge in [0.1, 0.15) is 5.69 Å². The zero-order valence-electron chi connectivity index (χ0n) is 6.27. The third-order valence-electron chi connectivity index (χ3n) is 1.07. The van der Waals surface area contributed by atoms with Crippen molar-refractivity contribution in [3.8, 4) is 0 Å². The molecule has 0 spiro atoms. The first kappa shape index (κ1) is 12.4. The molecule has 12 heavy (non-hydrogen) atoms. The van der Waals surface area contributed by atoms with Crippen LogP contribution in [0.15, 0.2) is 23.0 Å². The smallest absolute Gasteiger partial charge is 0.318 e. The van der Waals surface area contributed by atoms with Gasteiger partial charge in [0.25, 0.3) is 0 Å². The molecule has 0 amide bonds. The molecule has 1 aromatic heterocycles. The molecule has 1 rings (SSSR count). The largest absolute Gasteiger partial charge is 1.00 e. The van der Waals surface area contributed by atoms with Crippen LogP contribution in [0, 0.1) is 0 Å². The second-order valence-electron chi connectivity index (χ2n) is 1.93. The predicted molar refractivity (Wildman–Crippen MR) is 32.1 cm³/mol. The summed E-state index contributed by atoms with van der Waals surface area (Å²) in [5.74, 6) is 0. The van der Waals surface area contributed by atoms with Crippen LogP contribution < -0.4 is 56.9 Å². The van der Waals surface area contributed by atoms with Gasteiger partial charge in [0.05, 0.1) is 0 Å². The topological polar surface area (TPSA) is 32.9 Å². The molecule has 1 N–H and O–H groups in total. The van der Waals surface area contributed by atoms with Crippen LogP contribution in [0.4, 0.5) is 13.2 Å². The van der Waals surface area contributed by atoms with E-state index in [2.05, 4.69) is 0 Å². The van der Waals surface area contributed by atoms with Crippen LogP contribution in [0.5, 0.6) is 0 Å². The van der Waals surface area contributed by atoms with Crippen LogP contribution >= 0.6 is 0 Å². The van der Waals surface area contributed by atoms with Crippen LogP contribution in [0.1, 0.15) is 5.69 Å². The Labute approximate surface area is 109 Å². The minimum atomic E-state index is -4.47. The average molecular weight is 202 g/mol. The van der Waals surface area contributed by atoms with Gasteiger partial charge in [-0.1, -0.05) is 6.07 Å². The Morgan fingerprint density at radius 3 is 2.17 bits per heavy atom. The predicted octanol–water partition coefficient (Wildman–Crippen LogP) is -1.60. The molecule has 0 aromatic carbocycles. The van der Waals surface area contributed by atoms with E-state index >= 15 is 0 Å². The molecule has 1 heterocycles. The summed E-state index contributed by atoms with van der Waals surface area (Å²) in [6.45, 7) is 0.